The van der Waals surface area contributed by atoms with Crippen molar-refractivity contribution in [1.29, 1.82) is 0 Å². The number of furan rings is 1. The first-order chi connectivity index (χ1) is 14.1. The number of nitrogens with one attached hydrogen (secondary N) is 1. The van der Waals surface area contributed by atoms with Crippen molar-refractivity contribution in [2.24, 2.45) is 0 Å². The number of amides is 1. The average molecular weight is 391 g/mol. The Bertz CT molecular complexity index is 979. The molecule has 1 amide bonds. The zero-order valence-corrected chi connectivity index (χ0v) is 16.8. The molecule has 4 rings (SSSR count). The second-order valence-electron chi connectivity index (χ2n) is 7.08. The Balaban J connectivity index is 1.46. The van der Waals surface area contributed by atoms with Crippen LogP contribution in [0.2, 0.25) is 0 Å². The van der Waals surface area contributed by atoms with Crippen LogP contribution in [0.3, 0.4) is 0 Å². The van der Waals surface area contributed by atoms with Crippen molar-refractivity contribution >= 4 is 23.4 Å². The van der Waals surface area contributed by atoms with Gasteiger partial charge in [-0.3, -0.25) is 4.79 Å². The van der Waals surface area contributed by atoms with Gasteiger partial charge in [0.2, 0.25) is 5.95 Å². The zero-order chi connectivity index (χ0) is 20.2. The molecule has 0 bridgehead atoms. The van der Waals surface area contributed by atoms with Crippen LogP contribution in [0.15, 0.2) is 53.1 Å². The Labute approximate surface area is 170 Å². The van der Waals surface area contributed by atoms with E-state index in [1.807, 2.05) is 36.1 Å². The van der Waals surface area contributed by atoms with Crippen LogP contribution in [0, 0.1) is 6.92 Å². The average Bonchev–Trinajstić information content (AvgIpc) is 3.28. The Hall–Kier alpha value is -3.35. The van der Waals surface area contributed by atoms with E-state index in [-0.39, 0.29) is 5.91 Å². The molecule has 7 heteroatoms. The highest BCUT2D eigenvalue weighted by Gasteiger charge is 2.24. The lowest BCUT2D eigenvalue weighted by atomic mass is 10.1. The van der Waals surface area contributed by atoms with Gasteiger partial charge < -0.3 is 19.5 Å². The quantitative estimate of drug-likeness (QED) is 0.716. The predicted molar refractivity (Wildman–Crippen MR) is 113 cm³/mol. The van der Waals surface area contributed by atoms with Gasteiger partial charge in [0.1, 0.15) is 5.82 Å². The highest BCUT2D eigenvalue weighted by atomic mass is 16.3. The molecule has 1 fully saturated rings. The number of hydrogen-bond acceptors (Lipinski definition) is 6. The molecule has 1 N–H and O–H groups in total. The number of piperazine rings is 1. The Morgan fingerprint density at radius 2 is 1.90 bits per heavy atom. The summed E-state index contributed by atoms with van der Waals surface area (Å²) in [6.45, 7) is 6.79. The normalized spacial score (nSPS) is 14.1. The van der Waals surface area contributed by atoms with Crippen LogP contribution in [-0.2, 0) is 6.42 Å². The number of anilines is 3. The fourth-order valence-electron chi connectivity index (χ4n) is 3.54. The minimum Gasteiger partial charge on any atom is -0.459 e. The third kappa shape index (κ3) is 4.23. The monoisotopic (exact) mass is 391 g/mol. The number of aromatic nitrogens is 2. The molecule has 1 saturated heterocycles. The molecule has 0 atom stereocenters. The highest BCUT2D eigenvalue weighted by molar-refractivity contribution is 5.91. The van der Waals surface area contributed by atoms with Crippen LogP contribution in [0.5, 0.6) is 0 Å². The van der Waals surface area contributed by atoms with Crippen molar-refractivity contribution in [2.45, 2.75) is 20.3 Å². The maximum absolute atomic E-state index is 12.5. The molecule has 3 aromatic rings. The van der Waals surface area contributed by atoms with E-state index >= 15 is 0 Å². The van der Waals surface area contributed by atoms with Crippen molar-refractivity contribution in [3.63, 3.8) is 0 Å². The van der Waals surface area contributed by atoms with Crippen LogP contribution < -0.4 is 10.2 Å². The molecule has 1 aliphatic heterocycles. The first kappa shape index (κ1) is 19.0. The van der Waals surface area contributed by atoms with Crippen LogP contribution in [-0.4, -0.2) is 47.0 Å². The molecule has 29 heavy (non-hydrogen) atoms. The molecule has 1 aromatic carbocycles. The topological polar surface area (TPSA) is 74.5 Å². The van der Waals surface area contributed by atoms with Crippen molar-refractivity contribution in [1.82, 2.24) is 14.9 Å². The van der Waals surface area contributed by atoms with Gasteiger partial charge >= 0.3 is 0 Å². The van der Waals surface area contributed by atoms with E-state index in [0.717, 1.165) is 23.6 Å². The smallest absolute Gasteiger partial charge is 0.289 e. The summed E-state index contributed by atoms with van der Waals surface area (Å²) in [5.41, 5.74) is 3.16. The Morgan fingerprint density at radius 1 is 1.10 bits per heavy atom. The van der Waals surface area contributed by atoms with Gasteiger partial charge in [0, 0.05) is 43.6 Å². The van der Waals surface area contributed by atoms with Crippen molar-refractivity contribution in [3.8, 4) is 0 Å². The van der Waals surface area contributed by atoms with Crippen molar-refractivity contribution in [3.05, 3.63) is 65.7 Å². The minimum absolute atomic E-state index is 0.0629. The van der Waals surface area contributed by atoms with Gasteiger partial charge in [-0.05, 0) is 37.1 Å². The maximum Gasteiger partial charge on any atom is 0.289 e. The molecule has 2 aromatic heterocycles. The summed E-state index contributed by atoms with van der Waals surface area (Å²) in [5.74, 6) is 1.79. The summed E-state index contributed by atoms with van der Waals surface area (Å²) >= 11 is 0. The molecule has 150 valence electrons. The second kappa shape index (κ2) is 8.34. The highest BCUT2D eigenvalue weighted by Crippen LogP contribution is 2.22. The van der Waals surface area contributed by atoms with Crippen molar-refractivity contribution < 1.29 is 9.21 Å². The van der Waals surface area contributed by atoms with E-state index in [2.05, 4.69) is 28.2 Å². The molecule has 0 radical (unpaired) electrons. The fourth-order valence-corrected chi connectivity index (χ4v) is 3.54. The molecule has 0 unspecified atom stereocenters. The molecule has 7 nitrogen and oxygen atoms in total. The molecule has 0 saturated carbocycles. The van der Waals surface area contributed by atoms with E-state index in [4.69, 9.17) is 9.40 Å². The summed E-state index contributed by atoms with van der Waals surface area (Å²) in [6.07, 6.45) is 2.46. The van der Waals surface area contributed by atoms with Gasteiger partial charge in [0.15, 0.2) is 5.76 Å². The van der Waals surface area contributed by atoms with Crippen LogP contribution in [0.1, 0.15) is 28.7 Å². The van der Waals surface area contributed by atoms with E-state index in [9.17, 15) is 4.79 Å². The van der Waals surface area contributed by atoms with Gasteiger partial charge in [-0.1, -0.05) is 25.1 Å². The lowest BCUT2D eigenvalue weighted by molar-refractivity contribution is 0.0714. The van der Waals surface area contributed by atoms with E-state index < -0.39 is 0 Å². The molecule has 1 aliphatic rings. The molecule has 0 spiro atoms. The van der Waals surface area contributed by atoms with Gasteiger partial charge in [-0.15, -0.1) is 0 Å². The number of rotatable bonds is 5. The first-order valence-corrected chi connectivity index (χ1v) is 9.92. The van der Waals surface area contributed by atoms with Gasteiger partial charge in [0.05, 0.1) is 6.26 Å². The molecule has 3 heterocycles. The number of carbonyl (C=O) groups excluding carboxylic acids is 1. The lowest BCUT2D eigenvalue weighted by Crippen LogP contribution is -2.49. The number of carbonyl (C=O) groups is 1. The van der Waals surface area contributed by atoms with Gasteiger partial charge in [0.25, 0.3) is 5.91 Å². The van der Waals surface area contributed by atoms with Crippen LogP contribution >= 0.6 is 0 Å². The van der Waals surface area contributed by atoms with Gasteiger partial charge in [-0.2, -0.15) is 4.98 Å². The summed E-state index contributed by atoms with van der Waals surface area (Å²) in [7, 11) is 0. The maximum atomic E-state index is 12.5. The van der Waals surface area contributed by atoms with Crippen molar-refractivity contribution in [2.75, 3.05) is 36.4 Å². The number of para-hydroxylation sites is 1. The second-order valence-corrected chi connectivity index (χ2v) is 7.08. The standard InChI is InChI=1S/C22H25N5O2/c1-3-17-7-4-5-8-18(17)24-22-23-16(2)15-20(25-22)26-10-12-27(13-11-26)21(28)19-9-6-14-29-19/h4-9,14-15H,3,10-13H2,1-2H3,(H,23,24,25). The summed E-state index contributed by atoms with van der Waals surface area (Å²) in [6, 6.07) is 13.6. The summed E-state index contributed by atoms with van der Waals surface area (Å²) in [4.78, 5) is 25.7. The van der Waals surface area contributed by atoms with Crippen LogP contribution in [0.4, 0.5) is 17.5 Å². The Morgan fingerprint density at radius 3 is 2.62 bits per heavy atom. The number of hydrogen-bond donors (Lipinski definition) is 1. The Kier molecular flexibility index (Phi) is 5.46. The summed E-state index contributed by atoms with van der Waals surface area (Å²) < 4.78 is 5.23. The number of aryl methyl sites for hydroxylation is 2. The SMILES string of the molecule is CCc1ccccc1Nc1nc(C)cc(N2CCN(C(=O)c3ccco3)CC2)n1. The third-order valence-electron chi connectivity index (χ3n) is 5.11. The predicted octanol–water partition coefficient (Wildman–Crippen LogP) is 3.65. The largest absolute Gasteiger partial charge is 0.459 e. The first-order valence-electron chi connectivity index (χ1n) is 9.92. The fraction of sp³-hybridized carbons (Fsp3) is 0.318. The van der Waals surface area contributed by atoms with E-state index in [1.54, 1.807) is 12.1 Å². The molecular formula is C22H25N5O2. The number of benzene rings is 1. The van der Waals surface area contributed by atoms with Crippen LogP contribution in [0.25, 0.3) is 0 Å². The zero-order valence-electron chi connectivity index (χ0n) is 16.8. The lowest BCUT2D eigenvalue weighted by Gasteiger charge is -2.35. The third-order valence-corrected chi connectivity index (χ3v) is 5.11. The summed E-state index contributed by atoms with van der Waals surface area (Å²) in [5, 5.41) is 3.36. The molecule has 0 aliphatic carbocycles. The minimum atomic E-state index is -0.0629. The van der Waals surface area contributed by atoms with Gasteiger partial charge in [-0.25, -0.2) is 4.98 Å². The van der Waals surface area contributed by atoms with E-state index in [1.165, 1.54) is 11.8 Å². The molecular weight excluding hydrogens is 366 g/mol. The van der Waals surface area contributed by atoms with E-state index in [0.29, 0.717) is 37.9 Å². The number of nitrogens with zero attached hydrogens (tertiary/aromatic N) is 4.